The molecule has 5 nitrogen and oxygen atoms in total. The number of ether oxygens (including phenoxy) is 1. The molecule has 1 aromatic carbocycles. The summed E-state index contributed by atoms with van der Waals surface area (Å²) in [6.45, 7) is 0. The van der Waals surface area contributed by atoms with Gasteiger partial charge in [-0.1, -0.05) is 12.1 Å². The van der Waals surface area contributed by atoms with Crippen molar-refractivity contribution in [3.05, 3.63) is 67.1 Å². The Kier molecular flexibility index (Phi) is 3.51. The molecule has 0 aliphatic carbocycles. The number of nitrogens with zero attached hydrogens (tertiary/aromatic N) is 3. The molecule has 3 aromatic rings. The highest BCUT2D eigenvalue weighted by Crippen LogP contribution is 2.23. The van der Waals surface area contributed by atoms with Crippen LogP contribution in [0.2, 0.25) is 0 Å². The van der Waals surface area contributed by atoms with E-state index in [1.165, 1.54) is 0 Å². The van der Waals surface area contributed by atoms with E-state index in [0.29, 0.717) is 17.6 Å². The van der Waals surface area contributed by atoms with Crippen LogP contribution >= 0.6 is 0 Å². The Morgan fingerprint density at radius 3 is 2.45 bits per heavy atom. The van der Waals surface area contributed by atoms with Crippen molar-refractivity contribution in [1.29, 1.82) is 0 Å². The summed E-state index contributed by atoms with van der Waals surface area (Å²) in [4.78, 5) is 12.3. The molecule has 0 bridgehead atoms. The molecule has 0 fully saturated rings. The third-order valence-electron chi connectivity index (χ3n) is 2.52. The average molecular weight is 264 g/mol. The summed E-state index contributed by atoms with van der Waals surface area (Å²) in [5.74, 6) is 1.80. The van der Waals surface area contributed by atoms with E-state index < -0.39 is 0 Å². The van der Waals surface area contributed by atoms with Crippen LogP contribution in [0.4, 0.5) is 11.6 Å². The van der Waals surface area contributed by atoms with Crippen molar-refractivity contribution < 1.29 is 4.74 Å². The van der Waals surface area contributed by atoms with Crippen molar-refractivity contribution in [2.24, 2.45) is 0 Å². The molecule has 0 atom stereocenters. The van der Waals surface area contributed by atoms with Gasteiger partial charge in [0.1, 0.15) is 5.75 Å². The number of anilines is 2. The van der Waals surface area contributed by atoms with Crippen molar-refractivity contribution in [2.75, 3.05) is 5.32 Å². The van der Waals surface area contributed by atoms with Crippen LogP contribution in [0, 0.1) is 0 Å². The second-order valence-corrected chi connectivity index (χ2v) is 4.00. The van der Waals surface area contributed by atoms with Gasteiger partial charge in [-0.2, -0.15) is 0 Å². The van der Waals surface area contributed by atoms with Crippen molar-refractivity contribution in [3.8, 4) is 11.6 Å². The molecule has 98 valence electrons. The van der Waals surface area contributed by atoms with E-state index in [2.05, 4.69) is 20.3 Å². The maximum Gasteiger partial charge on any atom is 0.227 e. The minimum absolute atomic E-state index is 0.544. The van der Waals surface area contributed by atoms with Crippen molar-refractivity contribution in [2.45, 2.75) is 0 Å². The van der Waals surface area contributed by atoms with Gasteiger partial charge in [0, 0.05) is 36.4 Å². The third kappa shape index (κ3) is 3.08. The van der Waals surface area contributed by atoms with Gasteiger partial charge in [-0.15, -0.1) is 0 Å². The van der Waals surface area contributed by atoms with Gasteiger partial charge in [0.05, 0.1) is 0 Å². The molecule has 0 saturated heterocycles. The molecule has 3 rings (SSSR count). The highest BCUT2D eigenvalue weighted by Gasteiger charge is 2.01. The summed E-state index contributed by atoms with van der Waals surface area (Å²) in [5, 5.41) is 3.11. The second kappa shape index (κ2) is 5.79. The number of rotatable bonds is 4. The molecular formula is C15H12N4O. The highest BCUT2D eigenvalue weighted by atomic mass is 16.5. The van der Waals surface area contributed by atoms with E-state index in [1.807, 2.05) is 36.4 Å². The summed E-state index contributed by atoms with van der Waals surface area (Å²) in [6, 6.07) is 14.8. The van der Waals surface area contributed by atoms with E-state index in [0.717, 1.165) is 5.69 Å². The van der Waals surface area contributed by atoms with Crippen LogP contribution in [0.1, 0.15) is 0 Å². The van der Waals surface area contributed by atoms with Crippen LogP contribution in [-0.2, 0) is 0 Å². The smallest absolute Gasteiger partial charge is 0.227 e. The second-order valence-electron chi connectivity index (χ2n) is 4.00. The average Bonchev–Trinajstić information content (AvgIpc) is 2.50. The van der Waals surface area contributed by atoms with Gasteiger partial charge in [0.15, 0.2) is 0 Å². The van der Waals surface area contributed by atoms with Crippen molar-refractivity contribution >= 4 is 11.6 Å². The lowest BCUT2D eigenvalue weighted by atomic mass is 10.3. The van der Waals surface area contributed by atoms with E-state index in [1.54, 1.807) is 30.7 Å². The molecule has 1 N–H and O–H groups in total. The summed E-state index contributed by atoms with van der Waals surface area (Å²) < 4.78 is 5.66. The predicted octanol–water partition coefficient (Wildman–Crippen LogP) is 3.41. The van der Waals surface area contributed by atoms with Crippen LogP contribution in [0.3, 0.4) is 0 Å². The van der Waals surface area contributed by atoms with Crippen molar-refractivity contribution in [1.82, 2.24) is 15.0 Å². The third-order valence-corrected chi connectivity index (χ3v) is 2.52. The number of hydrogen-bond donors (Lipinski definition) is 1. The molecule has 2 aromatic heterocycles. The fourth-order valence-corrected chi connectivity index (χ4v) is 1.66. The van der Waals surface area contributed by atoms with Crippen LogP contribution in [0.15, 0.2) is 67.1 Å². The first-order valence-corrected chi connectivity index (χ1v) is 6.13. The SMILES string of the molecule is c1ccc(Oc2cccc(Nc3ncccn3)c2)nc1. The monoisotopic (exact) mass is 264 g/mol. The van der Waals surface area contributed by atoms with Gasteiger partial charge in [-0.05, 0) is 24.3 Å². The zero-order valence-electron chi connectivity index (χ0n) is 10.6. The Morgan fingerprint density at radius 1 is 0.800 bits per heavy atom. The molecule has 5 heteroatoms. The van der Waals surface area contributed by atoms with Gasteiger partial charge in [0.25, 0.3) is 0 Å². The van der Waals surface area contributed by atoms with E-state index in [9.17, 15) is 0 Å². The van der Waals surface area contributed by atoms with E-state index in [4.69, 9.17) is 4.74 Å². The normalized spacial score (nSPS) is 10.0. The van der Waals surface area contributed by atoms with Gasteiger partial charge in [-0.3, -0.25) is 0 Å². The van der Waals surface area contributed by atoms with Crippen LogP contribution in [0.25, 0.3) is 0 Å². The summed E-state index contributed by atoms with van der Waals surface area (Å²) in [6.07, 6.45) is 5.06. The van der Waals surface area contributed by atoms with Crippen LogP contribution in [-0.4, -0.2) is 15.0 Å². The minimum atomic E-state index is 0.544. The number of pyridine rings is 1. The van der Waals surface area contributed by atoms with Gasteiger partial charge >= 0.3 is 0 Å². The lowest BCUT2D eigenvalue weighted by Gasteiger charge is -2.07. The number of nitrogens with one attached hydrogen (secondary N) is 1. The number of hydrogen-bond acceptors (Lipinski definition) is 5. The lowest BCUT2D eigenvalue weighted by Crippen LogP contribution is -1.96. The van der Waals surface area contributed by atoms with E-state index in [-0.39, 0.29) is 0 Å². The molecule has 0 aliphatic heterocycles. The Balaban J connectivity index is 1.76. The van der Waals surface area contributed by atoms with Crippen molar-refractivity contribution in [3.63, 3.8) is 0 Å². The first-order valence-electron chi connectivity index (χ1n) is 6.13. The van der Waals surface area contributed by atoms with Gasteiger partial charge in [-0.25, -0.2) is 15.0 Å². The summed E-state index contributed by atoms with van der Waals surface area (Å²) in [7, 11) is 0. The molecule has 0 aliphatic rings. The molecule has 0 saturated carbocycles. The zero-order valence-corrected chi connectivity index (χ0v) is 10.6. The van der Waals surface area contributed by atoms with Gasteiger partial charge in [0.2, 0.25) is 11.8 Å². The fourth-order valence-electron chi connectivity index (χ4n) is 1.66. The Morgan fingerprint density at radius 2 is 1.65 bits per heavy atom. The first kappa shape index (κ1) is 12.1. The predicted molar refractivity (Wildman–Crippen MR) is 76.1 cm³/mol. The zero-order chi connectivity index (χ0) is 13.6. The molecule has 20 heavy (non-hydrogen) atoms. The number of aromatic nitrogens is 3. The largest absolute Gasteiger partial charge is 0.439 e. The topological polar surface area (TPSA) is 59.9 Å². The minimum Gasteiger partial charge on any atom is -0.439 e. The standard InChI is InChI=1S/C15H12N4O/c1-2-8-16-14(7-1)20-13-6-3-5-12(11-13)19-15-17-9-4-10-18-15/h1-11H,(H,17,18,19). The Hall–Kier alpha value is -2.95. The number of benzene rings is 1. The highest BCUT2D eigenvalue weighted by molar-refractivity contribution is 5.55. The summed E-state index contributed by atoms with van der Waals surface area (Å²) >= 11 is 0. The van der Waals surface area contributed by atoms with Crippen LogP contribution < -0.4 is 10.1 Å². The molecule has 2 heterocycles. The molecular weight excluding hydrogens is 252 g/mol. The van der Waals surface area contributed by atoms with E-state index >= 15 is 0 Å². The quantitative estimate of drug-likeness (QED) is 0.782. The van der Waals surface area contributed by atoms with Crippen LogP contribution in [0.5, 0.6) is 11.6 Å². The fraction of sp³-hybridized carbons (Fsp3) is 0. The Labute approximate surface area is 116 Å². The molecule has 0 radical (unpaired) electrons. The molecule has 0 spiro atoms. The molecule has 0 amide bonds. The Bertz CT molecular complexity index is 617. The van der Waals surface area contributed by atoms with Gasteiger partial charge < -0.3 is 10.1 Å². The molecule has 0 unspecified atom stereocenters. The maximum atomic E-state index is 5.66. The maximum absolute atomic E-state index is 5.66. The first-order chi connectivity index (χ1) is 9.90. The lowest BCUT2D eigenvalue weighted by molar-refractivity contribution is 0.463. The summed E-state index contributed by atoms with van der Waals surface area (Å²) in [5.41, 5.74) is 0.852.